The summed E-state index contributed by atoms with van der Waals surface area (Å²) in [7, 11) is 1.93. The maximum atomic E-state index is 4.59. The molecule has 2 aromatic heterocycles. The molecule has 0 unspecified atom stereocenters. The Morgan fingerprint density at radius 3 is 3.06 bits per heavy atom. The van der Waals surface area contributed by atoms with Crippen molar-refractivity contribution in [2.75, 3.05) is 6.54 Å². The molecule has 0 saturated heterocycles. The Kier molecular flexibility index (Phi) is 2.07. The van der Waals surface area contributed by atoms with Crippen LogP contribution in [0.15, 0.2) is 12.3 Å². The molecule has 16 heavy (non-hydrogen) atoms. The summed E-state index contributed by atoms with van der Waals surface area (Å²) in [5.41, 5.74) is 2.46. The summed E-state index contributed by atoms with van der Waals surface area (Å²) >= 11 is 0. The van der Waals surface area contributed by atoms with Gasteiger partial charge in [-0.05, 0) is 6.92 Å². The highest BCUT2D eigenvalue weighted by molar-refractivity contribution is 5.32. The Morgan fingerprint density at radius 1 is 1.44 bits per heavy atom. The first-order valence-electron chi connectivity index (χ1n) is 5.53. The van der Waals surface area contributed by atoms with E-state index in [1.807, 2.05) is 30.9 Å². The zero-order valence-electron chi connectivity index (χ0n) is 9.56. The van der Waals surface area contributed by atoms with E-state index in [-0.39, 0.29) is 0 Å². The molecule has 0 aromatic carbocycles. The minimum atomic E-state index is 0.871. The average molecular weight is 217 g/mol. The maximum Gasteiger partial charge on any atom is 0.160 e. The first-order chi connectivity index (χ1) is 7.75. The van der Waals surface area contributed by atoms with Gasteiger partial charge >= 0.3 is 0 Å². The number of nitrogens with one attached hydrogen (secondary N) is 1. The van der Waals surface area contributed by atoms with Gasteiger partial charge in [0.25, 0.3) is 0 Å². The zero-order valence-corrected chi connectivity index (χ0v) is 9.56. The Balaban J connectivity index is 2.16. The van der Waals surface area contributed by atoms with E-state index in [0.29, 0.717) is 0 Å². The SMILES string of the molecule is Cc1nc2c(n1-c1ccn(C)n1)CCNC2. The summed E-state index contributed by atoms with van der Waals surface area (Å²) in [5, 5.41) is 7.78. The lowest BCUT2D eigenvalue weighted by Crippen LogP contribution is -2.24. The lowest BCUT2D eigenvalue weighted by atomic mass is 10.2. The molecule has 0 fully saturated rings. The lowest BCUT2D eigenvalue weighted by molar-refractivity contribution is 0.617. The van der Waals surface area contributed by atoms with Crippen molar-refractivity contribution < 1.29 is 0 Å². The highest BCUT2D eigenvalue weighted by Gasteiger charge is 2.19. The molecule has 0 saturated carbocycles. The molecule has 84 valence electrons. The predicted molar refractivity (Wildman–Crippen MR) is 60.5 cm³/mol. The molecule has 0 atom stereocenters. The zero-order chi connectivity index (χ0) is 11.1. The van der Waals surface area contributed by atoms with Gasteiger partial charge in [-0.2, -0.15) is 5.10 Å². The number of hydrogen-bond donors (Lipinski definition) is 1. The minimum Gasteiger partial charge on any atom is -0.311 e. The Morgan fingerprint density at radius 2 is 2.31 bits per heavy atom. The fourth-order valence-electron chi connectivity index (χ4n) is 2.27. The molecule has 0 amide bonds. The van der Waals surface area contributed by atoms with Crippen molar-refractivity contribution in [2.24, 2.45) is 7.05 Å². The molecule has 1 N–H and O–H groups in total. The molecule has 0 radical (unpaired) electrons. The molecular weight excluding hydrogens is 202 g/mol. The summed E-state index contributed by atoms with van der Waals surface area (Å²) < 4.78 is 3.98. The third-order valence-corrected chi connectivity index (χ3v) is 2.98. The predicted octanol–water partition coefficient (Wildman–Crippen LogP) is 0.560. The molecule has 2 aromatic rings. The van der Waals surface area contributed by atoms with E-state index in [1.165, 1.54) is 5.69 Å². The molecule has 5 nitrogen and oxygen atoms in total. The van der Waals surface area contributed by atoms with Gasteiger partial charge in [0.15, 0.2) is 5.82 Å². The number of imidazole rings is 1. The van der Waals surface area contributed by atoms with Crippen LogP contribution in [-0.2, 0) is 20.0 Å². The van der Waals surface area contributed by atoms with Crippen molar-refractivity contribution in [1.82, 2.24) is 24.6 Å². The first kappa shape index (κ1) is 9.59. The van der Waals surface area contributed by atoms with Crippen molar-refractivity contribution >= 4 is 0 Å². The maximum absolute atomic E-state index is 4.59. The molecule has 3 heterocycles. The second-order valence-electron chi connectivity index (χ2n) is 4.16. The Labute approximate surface area is 94.1 Å². The van der Waals surface area contributed by atoms with E-state index in [9.17, 15) is 0 Å². The summed E-state index contributed by atoms with van der Waals surface area (Å²) in [4.78, 5) is 4.59. The van der Waals surface area contributed by atoms with E-state index in [0.717, 1.165) is 36.8 Å². The normalized spacial score (nSPS) is 15.1. The van der Waals surface area contributed by atoms with Crippen LogP contribution >= 0.6 is 0 Å². The summed E-state index contributed by atoms with van der Waals surface area (Å²) in [6, 6.07) is 2.02. The number of aryl methyl sites for hydroxylation is 2. The number of hydrogen-bond acceptors (Lipinski definition) is 3. The van der Waals surface area contributed by atoms with Crippen LogP contribution in [0.5, 0.6) is 0 Å². The van der Waals surface area contributed by atoms with E-state index in [1.54, 1.807) is 0 Å². The standard InChI is InChI=1S/C11H15N5/c1-8-13-9-7-12-5-3-10(9)16(8)11-4-6-15(2)14-11/h4,6,12H,3,5,7H2,1-2H3. The van der Waals surface area contributed by atoms with Gasteiger partial charge in [0, 0.05) is 38.8 Å². The summed E-state index contributed by atoms with van der Waals surface area (Å²) in [5.74, 6) is 1.99. The van der Waals surface area contributed by atoms with Crippen LogP contribution in [0.3, 0.4) is 0 Å². The number of fused-ring (bicyclic) bond motifs is 1. The number of aromatic nitrogens is 4. The van der Waals surface area contributed by atoms with Gasteiger partial charge < -0.3 is 5.32 Å². The van der Waals surface area contributed by atoms with Crippen molar-refractivity contribution in [3.63, 3.8) is 0 Å². The second kappa shape index (κ2) is 3.45. The monoisotopic (exact) mass is 217 g/mol. The highest BCUT2D eigenvalue weighted by atomic mass is 15.3. The van der Waals surface area contributed by atoms with Gasteiger partial charge in [0.1, 0.15) is 5.82 Å². The van der Waals surface area contributed by atoms with Crippen molar-refractivity contribution in [1.29, 1.82) is 0 Å². The molecular formula is C11H15N5. The third kappa shape index (κ3) is 1.36. The minimum absolute atomic E-state index is 0.871. The Bertz CT molecular complexity index is 522. The van der Waals surface area contributed by atoms with Gasteiger partial charge in [-0.1, -0.05) is 0 Å². The van der Waals surface area contributed by atoms with Crippen LogP contribution in [0.2, 0.25) is 0 Å². The molecule has 1 aliphatic heterocycles. The molecule has 3 rings (SSSR count). The molecule has 0 bridgehead atoms. The summed E-state index contributed by atoms with van der Waals surface area (Å²) in [6.45, 7) is 3.92. The fraction of sp³-hybridized carbons (Fsp3) is 0.455. The number of nitrogens with zero attached hydrogens (tertiary/aromatic N) is 4. The molecule has 0 spiro atoms. The Hall–Kier alpha value is -1.62. The van der Waals surface area contributed by atoms with Crippen LogP contribution in [0.1, 0.15) is 17.2 Å². The molecule has 0 aliphatic carbocycles. The average Bonchev–Trinajstić information content (AvgIpc) is 2.80. The van der Waals surface area contributed by atoms with Crippen LogP contribution in [0, 0.1) is 6.92 Å². The smallest absolute Gasteiger partial charge is 0.160 e. The summed E-state index contributed by atoms with van der Waals surface area (Å²) in [6.07, 6.45) is 2.98. The van der Waals surface area contributed by atoms with Gasteiger partial charge in [0.05, 0.1) is 11.4 Å². The van der Waals surface area contributed by atoms with E-state index in [4.69, 9.17) is 0 Å². The first-order valence-corrected chi connectivity index (χ1v) is 5.53. The fourth-order valence-corrected chi connectivity index (χ4v) is 2.27. The van der Waals surface area contributed by atoms with Gasteiger partial charge in [-0.3, -0.25) is 9.25 Å². The van der Waals surface area contributed by atoms with Crippen LogP contribution < -0.4 is 5.32 Å². The largest absolute Gasteiger partial charge is 0.311 e. The second-order valence-corrected chi connectivity index (χ2v) is 4.16. The van der Waals surface area contributed by atoms with Crippen LogP contribution in [0.4, 0.5) is 0 Å². The van der Waals surface area contributed by atoms with E-state index in [2.05, 4.69) is 20.0 Å². The van der Waals surface area contributed by atoms with Gasteiger partial charge in [-0.25, -0.2) is 4.98 Å². The highest BCUT2D eigenvalue weighted by Crippen LogP contribution is 2.19. The molecule has 1 aliphatic rings. The van der Waals surface area contributed by atoms with Crippen molar-refractivity contribution in [3.05, 3.63) is 29.5 Å². The van der Waals surface area contributed by atoms with E-state index >= 15 is 0 Å². The topological polar surface area (TPSA) is 47.7 Å². The van der Waals surface area contributed by atoms with Crippen LogP contribution in [-0.4, -0.2) is 25.9 Å². The lowest BCUT2D eigenvalue weighted by Gasteiger charge is -2.14. The number of rotatable bonds is 1. The van der Waals surface area contributed by atoms with Crippen molar-refractivity contribution in [3.8, 4) is 5.82 Å². The van der Waals surface area contributed by atoms with Gasteiger partial charge in [0.2, 0.25) is 0 Å². The van der Waals surface area contributed by atoms with Crippen LogP contribution in [0.25, 0.3) is 5.82 Å². The van der Waals surface area contributed by atoms with E-state index < -0.39 is 0 Å². The quantitative estimate of drug-likeness (QED) is 0.759. The molecule has 5 heteroatoms. The van der Waals surface area contributed by atoms with Crippen molar-refractivity contribution in [2.45, 2.75) is 19.9 Å². The van der Waals surface area contributed by atoms with Gasteiger partial charge in [-0.15, -0.1) is 0 Å². The third-order valence-electron chi connectivity index (χ3n) is 2.98.